The average molecular weight is 227 g/mol. The maximum atomic E-state index is 10.1. The van der Waals surface area contributed by atoms with Crippen molar-refractivity contribution >= 4 is 18.4 Å². The van der Waals surface area contributed by atoms with E-state index in [0.29, 0.717) is 0 Å². The third kappa shape index (κ3) is 5.49. The van der Waals surface area contributed by atoms with E-state index in [4.69, 9.17) is 5.11 Å². The zero-order chi connectivity index (χ0) is 10.2. The van der Waals surface area contributed by atoms with Gasteiger partial charge in [-0.2, -0.15) is 0 Å². The summed E-state index contributed by atoms with van der Waals surface area (Å²) < 4.78 is 0. The van der Waals surface area contributed by atoms with E-state index in [1.54, 1.807) is 12.1 Å². The molecule has 0 spiro atoms. The van der Waals surface area contributed by atoms with Gasteiger partial charge in [-0.1, -0.05) is 6.07 Å². The number of carboxylic acids is 1. The molecule has 2 aromatic rings. The SMILES string of the molecule is Cl.O=C(O)c1ccccn1.c1cc[nH]c1. The molecule has 0 bridgehead atoms. The summed E-state index contributed by atoms with van der Waals surface area (Å²) in [5.74, 6) is -0.990. The second kappa shape index (κ2) is 7.58. The lowest BCUT2D eigenvalue weighted by Gasteiger charge is -1.87. The van der Waals surface area contributed by atoms with E-state index in [2.05, 4.69) is 9.97 Å². The molecular formula is C10H11ClN2O2. The number of pyridine rings is 1. The Morgan fingerprint density at radius 3 is 2.13 bits per heavy atom. The fourth-order valence-corrected chi connectivity index (χ4v) is 0.767. The van der Waals surface area contributed by atoms with Crippen molar-refractivity contribution in [3.63, 3.8) is 0 Å². The van der Waals surface area contributed by atoms with E-state index in [9.17, 15) is 4.79 Å². The number of rotatable bonds is 1. The summed E-state index contributed by atoms with van der Waals surface area (Å²) in [6.07, 6.45) is 5.20. The summed E-state index contributed by atoms with van der Waals surface area (Å²) in [5.41, 5.74) is 0.0810. The summed E-state index contributed by atoms with van der Waals surface area (Å²) >= 11 is 0. The second-order valence-electron chi connectivity index (χ2n) is 2.41. The summed E-state index contributed by atoms with van der Waals surface area (Å²) in [6, 6.07) is 8.64. The van der Waals surface area contributed by atoms with Crippen LogP contribution in [0.15, 0.2) is 48.9 Å². The van der Waals surface area contributed by atoms with Gasteiger partial charge in [0.1, 0.15) is 5.69 Å². The molecule has 0 radical (unpaired) electrons. The number of halogens is 1. The highest BCUT2D eigenvalue weighted by Gasteiger charge is 1.98. The molecule has 15 heavy (non-hydrogen) atoms. The molecule has 0 amide bonds. The van der Waals surface area contributed by atoms with Gasteiger partial charge in [-0.3, -0.25) is 0 Å². The monoisotopic (exact) mass is 226 g/mol. The molecule has 2 heterocycles. The first-order valence-corrected chi connectivity index (χ1v) is 4.03. The number of hydrogen-bond donors (Lipinski definition) is 2. The van der Waals surface area contributed by atoms with Crippen LogP contribution in [0.5, 0.6) is 0 Å². The van der Waals surface area contributed by atoms with Gasteiger partial charge in [0.15, 0.2) is 0 Å². The number of aromatic amines is 1. The largest absolute Gasteiger partial charge is 0.477 e. The predicted octanol–water partition coefficient (Wildman–Crippen LogP) is 2.22. The third-order valence-electron chi connectivity index (χ3n) is 1.38. The lowest BCUT2D eigenvalue weighted by Crippen LogP contribution is -1.97. The molecule has 2 aromatic heterocycles. The molecular weight excluding hydrogens is 216 g/mol. The number of nitrogens with one attached hydrogen (secondary N) is 1. The maximum Gasteiger partial charge on any atom is 0.354 e. The van der Waals surface area contributed by atoms with E-state index in [1.165, 1.54) is 12.3 Å². The lowest BCUT2D eigenvalue weighted by atomic mass is 10.4. The van der Waals surface area contributed by atoms with Gasteiger partial charge in [0, 0.05) is 18.6 Å². The van der Waals surface area contributed by atoms with E-state index in [0.717, 1.165) is 0 Å². The molecule has 80 valence electrons. The van der Waals surface area contributed by atoms with Crippen LogP contribution in [0.2, 0.25) is 0 Å². The highest BCUT2D eigenvalue weighted by molar-refractivity contribution is 5.85. The van der Waals surface area contributed by atoms with Gasteiger partial charge in [0.05, 0.1) is 0 Å². The fraction of sp³-hybridized carbons (Fsp3) is 0. The number of H-pyrrole nitrogens is 1. The summed E-state index contributed by atoms with van der Waals surface area (Å²) in [7, 11) is 0. The summed E-state index contributed by atoms with van der Waals surface area (Å²) in [4.78, 5) is 16.6. The van der Waals surface area contributed by atoms with E-state index in [1.807, 2.05) is 24.5 Å². The minimum absolute atomic E-state index is 0. The van der Waals surface area contributed by atoms with Crippen molar-refractivity contribution in [3.05, 3.63) is 54.6 Å². The molecule has 0 atom stereocenters. The van der Waals surface area contributed by atoms with Crippen molar-refractivity contribution in [3.8, 4) is 0 Å². The van der Waals surface area contributed by atoms with Gasteiger partial charge in [-0.15, -0.1) is 12.4 Å². The van der Waals surface area contributed by atoms with Gasteiger partial charge in [0.2, 0.25) is 0 Å². The average Bonchev–Trinajstić information content (AvgIpc) is 2.77. The minimum Gasteiger partial charge on any atom is -0.477 e. The number of carbonyl (C=O) groups is 1. The molecule has 0 saturated heterocycles. The standard InChI is InChI=1S/C6H5NO2.C4H5N.ClH/c8-6(9)5-3-1-2-4-7-5;1-2-4-5-3-1;/h1-4H,(H,8,9);1-5H;1H. The molecule has 0 saturated carbocycles. The molecule has 2 rings (SSSR count). The van der Waals surface area contributed by atoms with Crippen molar-refractivity contribution < 1.29 is 9.90 Å². The van der Waals surface area contributed by atoms with Crippen LogP contribution in [0.3, 0.4) is 0 Å². The lowest BCUT2D eigenvalue weighted by molar-refractivity contribution is 0.0690. The van der Waals surface area contributed by atoms with Crippen molar-refractivity contribution in [1.29, 1.82) is 0 Å². The summed E-state index contributed by atoms with van der Waals surface area (Å²) in [5, 5.41) is 8.32. The zero-order valence-electron chi connectivity index (χ0n) is 7.83. The van der Waals surface area contributed by atoms with Crippen molar-refractivity contribution in [2.75, 3.05) is 0 Å². The Bertz CT molecular complexity index is 345. The second-order valence-corrected chi connectivity index (χ2v) is 2.41. The minimum atomic E-state index is -0.990. The number of nitrogens with zero attached hydrogens (tertiary/aromatic N) is 1. The van der Waals surface area contributed by atoms with Gasteiger partial charge >= 0.3 is 5.97 Å². The first-order chi connectivity index (χ1) is 6.80. The first kappa shape index (κ1) is 13.2. The third-order valence-corrected chi connectivity index (χ3v) is 1.38. The molecule has 5 heteroatoms. The predicted molar refractivity (Wildman–Crippen MR) is 59.2 cm³/mol. The molecule has 0 unspecified atom stereocenters. The maximum absolute atomic E-state index is 10.1. The van der Waals surface area contributed by atoms with Gasteiger partial charge < -0.3 is 10.1 Å². The molecule has 0 fully saturated rings. The Morgan fingerprint density at radius 1 is 1.20 bits per heavy atom. The van der Waals surface area contributed by atoms with Gasteiger partial charge in [-0.05, 0) is 24.3 Å². The van der Waals surface area contributed by atoms with Crippen molar-refractivity contribution in [2.24, 2.45) is 0 Å². The smallest absolute Gasteiger partial charge is 0.354 e. The molecule has 4 nitrogen and oxygen atoms in total. The highest BCUT2D eigenvalue weighted by Crippen LogP contribution is 1.90. The number of hydrogen-bond acceptors (Lipinski definition) is 2. The fourth-order valence-electron chi connectivity index (χ4n) is 0.767. The van der Waals surface area contributed by atoms with Crippen LogP contribution < -0.4 is 0 Å². The van der Waals surface area contributed by atoms with Crippen LogP contribution in [0.4, 0.5) is 0 Å². The van der Waals surface area contributed by atoms with Crippen LogP contribution in [-0.2, 0) is 0 Å². The Morgan fingerprint density at radius 2 is 1.87 bits per heavy atom. The number of aromatic carboxylic acids is 1. The Kier molecular flexibility index (Phi) is 6.67. The zero-order valence-corrected chi connectivity index (χ0v) is 8.65. The molecule has 0 aliphatic heterocycles. The van der Waals surface area contributed by atoms with E-state index in [-0.39, 0.29) is 18.1 Å². The Hall–Kier alpha value is -1.81. The molecule has 0 aliphatic rings. The molecule has 0 aromatic carbocycles. The van der Waals surface area contributed by atoms with Gasteiger partial charge in [0.25, 0.3) is 0 Å². The van der Waals surface area contributed by atoms with Crippen LogP contribution in [0.25, 0.3) is 0 Å². The van der Waals surface area contributed by atoms with Crippen LogP contribution in [0.1, 0.15) is 10.5 Å². The van der Waals surface area contributed by atoms with Crippen LogP contribution in [-0.4, -0.2) is 21.0 Å². The Labute approximate surface area is 93.4 Å². The summed E-state index contributed by atoms with van der Waals surface area (Å²) in [6.45, 7) is 0. The van der Waals surface area contributed by atoms with Crippen molar-refractivity contribution in [1.82, 2.24) is 9.97 Å². The first-order valence-electron chi connectivity index (χ1n) is 4.03. The van der Waals surface area contributed by atoms with Gasteiger partial charge in [-0.25, -0.2) is 9.78 Å². The van der Waals surface area contributed by atoms with Crippen LogP contribution in [0, 0.1) is 0 Å². The topological polar surface area (TPSA) is 66.0 Å². The molecule has 0 aliphatic carbocycles. The van der Waals surface area contributed by atoms with Crippen molar-refractivity contribution in [2.45, 2.75) is 0 Å². The Balaban J connectivity index is 0.000000280. The van der Waals surface area contributed by atoms with Crippen LogP contribution >= 0.6 is 12.4 Å². The number of carboxylic acid groups (broad SMARTS) is 1. The van der Waals surface area contributed by atoms with E-state index < -0.39 is 5.97 Å². The normalized spacial score (nSPS) is 8.00. The number of aromatic nitrogens is 2. The van der Waals surface area contributed by atoms with E-state index >= 15 is 0 Å². The molecule has 2 N–H and O–H groups in total. The quantitative estimate of drug-likeness (QED) is 0.784. The highest BCUT2D eigenvalue weighted by atomic mass is 35.5.